The van der Waals surface area contributed by atoms with E-state index in [1.807, 2.05) is 65.4 Å². The van der Waals surface area contributed by atoms with E-state index < -0.39 is 93.1 Å². The second kappa shape index (κ2) is 15.9. The van der Waals surface area contributed by atoms with E-state index >= 15 is 0 Å². The lowest BCUT2D eigenvalue weighted by Crippen LogP contribution is -2.59. The molecule has 0 radical (unpaired) electrons. The van der Waals surface area contributed by atoms with Crippen LogP contribution in [0.5, 0.6) is 5.88 Å². The summed E-state index contributed by atoms with van der Waals surface area (Å²) in [6.45, 7) is 6.76. The van der Waals surface area contributed by atoms with Crippen LogP contribution in [0.3, 0.4) is 0 Å². The van der Waals surface area contributed by atoms with Gasteiger partial charge in [-0.3, -0.25) is 19.1 Å². The van der Waals surface area contributed by atoms with Crippen LogP contribution in [-0.4, -0.2) is 94.6 Å². The summed E-state index contributed by atoms with van der Waals surface area (Å²) in [6, 6.07) is 12.3. The predicted molar refractivity (Wildman–Crippen MR) is 210 cm³/mol. The normalized spacial score (nSPS) is 26.9. The molecule has 1 saturated heterocycles. The maximum atomic E-state index is 14.5. The monoisotopic (exact) mass is 822 g/mol. The summed E-state index contributed by atoms with van der Waals surface area (Å²) in [7, 11) is -4.14. The summed E-state index contributed by atoms with van der Waals surface area (Å²) >= 11 is 0. The molecule has 17 heteroatoms. The van der Waals surface area contributed by atoms with Gasteiger partial charge in [0.1, 0.15) is 35.0 Å². The zero-order valence-electron chi connectivity index (χ0n) is 32.7. The molecule has 5 atom stereocenters. The zero-order chi connectivity index (χ0) is 41.6. The lowest BCUT2D eigenvalue weighted by molar-refractivity contribution is -0.142. The number of benzene rings is 2. The molecule has 3 N–H and O–H groups in total. The van der Waals surface area contributed by atoms with Crippen LogP contribution in [0.2, 0.25) is 0 Å². The number of alkyl carbamates (subject to hydrolysis) is 1. The van der Waals surface area contributed by atoms with Crippen molar-refractivity contribution in [2.24, 2.45) is 11.8 Å². The summed E-state index contributed by atoms with van der Waals surface area (Å²) in [5.41, 5.74) is -0.0270. The Bertz CT molecular complexity index is 2240. The number of rotatable bonds is 8. The SMILES string of the molecule is CC(C)[C@@H]1NC(=O)OC(C)(C)CCC/C=C/c2ccc3nc(-c4ccccc4)c(nc3c2)O[C@@H]2C[C@@H](C(=O)N[C@@]3(C(=O)NS(=O)(=O)C4CC4)C[C@H]3C(F)F)N(C2)C1=O. The number of aromatic nitrogens is 2. The van der Waals surface area contributed by atoms with Gasteiger partial charge in [0.05, 0.1) is 28.7 Å². The van der Waals surface area contributed by atoms with Gasteiger partial charge in [-0.2, -0.15) is 0 Å². The molecule has 3 fully saturated rings. The third-order valence-electron chi connectivity index (χ3n) is 11.1. The van der Waals surface area contributed by atoms with Gasteiger partial charge >= 0.3 is 6.09 Å². The Hall–Kier alpha value is -5.19. The number of hydrogen-bond donors (Lipinski definition) is 3. The average Bonchev–Trinajstić information content (AvgIpc) is 4.10. The minimum Gasteiger partial charge on any atom is -0.471 e. The molecule has 7 rings (SSSR count). The van der Waals surface area contributed by atoms with Crippen LogP contribution in [0.25, 0.3) is 28.4 Å². The summed E-state index contributed by atoms with van der Waals surface area (Å²) < 4.78 is 68.0. The van der Waals surface area contributed by atoms with E-state index in [9.17, 15) is 36.4 Å². The molecule has 4 aliphatic rings. The van der Waals surface area contributed by atoms with E-state index in [1.165, 1.54) is 4.90 Å². The average molecular weight is 823 g/mol. The van der Waals surface area contributed by atoms with E-state index in [0.29, 0.717) is 54.4 Å². The van der Waals surface area contributed by atoms with E-state index in [4.69, 9.17) is 19.4 Å². The number of carbonyl (C=O) groups is 4. The van der Waals surface area contributed by atoms with Crippen LogP contribution in [0.4, 0.5) is 13.6 Å². The Kier molecular flexibility index (Phi) is 11.2. The first-order chi connectivity index (χ1) is 27.5. The number of carbonyl (C=O) groups excluding carboxylic acids is 4. The van der Waals surface area contributed by atoms with Crippen molar-refractivity contribution in [2.75, 3.05) is 6.54 Å². The van der Waals surface area contributed by atoms with Crippen molar-refractivity contribution in [3.05, 3.63) is 60.2 Å². The molecule has 0 unspecified atom stereocenters. The van der Waals surface area contributed by atoms with Crippen molar-refractivity contribution in [1.82, 2.24) is 30.2 Å². The lowest BCUT2D eigenvalue weighted by Gasteiger charge is -2.32. The number of fused-ring (bicyclic) bond motifs is 4. The second-order valence-electron chi connectivity index (χ2n) is 16.6. The molecule has 1 aromatic heterocycles. The van der Waals surface area contributed by atoms with Crippen molar-refractivity contribution in [2.45, 2.75) is 114 Å². The number of allylic oxidation sites excluding steroid dienone is 1. The fourth-order valence-electron chi connectivity index (χ4n) is 7.61. The van der Waals surface area contributed by atoms with E-state index in [0.717, 1.165) is 5.56 Å². The maximum absolute atomic E-state index is 14.5. The van der Waals surface area contributed by atoms with Gasteiger partial charge in [-0.15, -0.1) is 0 Å². The zero-order valence-corrected chi connectivity index (χ0v) is 33.6. The molecule has 2 saturated carbocycles. The lowest BCUT2D eigenvalue weighted by atomic mass is 10.0. The van der Waals surface area contributed by atoms with Gasteiger partial charge in [0.25, 0.3) is 5.91 Å². The molecule has 4 amide bonds. The molecule has 0 spiro atoms. The summed E-state index contributed by atoms with van der Waals surface area (Å²) in [4.78, 5) is 66.6. The van der Waals surface area contributed by atoms with Crippen LogP contribution < -0.4 is 20.1 Å². The smallest absolute Gasteiger partial charge is 0.408 e. The number of nitrogens with one attached hydrogen (secondary N) is 3. The number of cyclic esters (lactones) is 1. The van der Waals surface area contributed by atoms with Gasteiger partial charge in [0.15, 0.2) is 0 Å². The third-order valence-corrected chi connectivity index (χ3v) is 13.0. The predicted octanol–water partition coefficient (Wildman–Crippen LogP) is 5.12. The molecule has 3 aromatic rings. The first-order valence-corrected chi connectivity index (χ1v) is 21.2. The quantitative estimate of drug-likeness (QED) is 0.276. The Morgan fingerprint density at radius 2 is 1.78 bits per heavy atom. The molecular weight excluding hydrogens is 775 g/mol. The van der Waals surface area contributed by atoms with Gasteiger partial charge in [0, 0.05) is 12.0 Å². The number of halogens is 2. The van der Waals surface area contributed by atoms with Crippen molar-refractivity contribution >= 4 is 50.9 Å². The van der Waals surface area contributed by atoms with Gasteiger partial charge in [-0.25, -0.2) is 32.0 Å². The van der Waals surface area contributed by atoms with Crippen molar-refractivity contribution in [3.8, 4) is 17.1 Å². The van der Waals surface area contributed by atoms with Crippen LogP contribution in [0.1, 0.15) is 78.2 Å². The van der Waals surface area contributed by atoms with Crippen molar-refractivity contribution in [1.29, 1.82) is 0 Å². The van der Waals surface area contributed by atoms with Crippen LogP contribution in [-0.2, 0) is 29.1 Å². The van der Waals surface area contributed by atoms with Crippen molar-refractivity contribution in [3.63, 3.8) is 0 Å². The second-order valence-corrected chi connectivity index (χ2v) is 18.5. The molecule has 2 aromatic carbocycles. The van der Waals surface area contributed by atoms with Gasteiger partial charge in [-0.05, 0) is 76.0 Å². The van der Waals surface area contributed by atoms with Gasteiger partial charge < -0.3 is 25.0 Å². The molecular formula is C41H48F2N6O8S. The summed E-state index contributed by atoms with van der Waals surface area (Å²) in [5, 5.41) is 4.29. The molecule has 2 aliphatic heterocycles. The van der Waals surface area contributed by atoms with Gasteiger partial charge in [-0.1, -0.05) is 62.4 Å². The number of ether oxygens (including phenoxy) is 2. The molecule has 5 bridgehead atoms. The van der Waals surface area contributed by atoms with Gasteiger partial charge in [0.2, 0.25) is 34.1 Å². The van der Waals surface area contributed by atoms with Crippen molar-refractivity contribution < 1.29 is 45.9 Å². The topological polar surface area (TPSA) is 186 Å². The highest BCUT2D eigenvalue weighted by atomic mass is 32.2. The molecule has 58 heavy (non-hydrogen) atoms. The highest BCUT2D eigenvalue weighted by molar-refractivity contribution is 7.91. The number of amides is 4. The van der Waals surface area contributed by atoms with Crippen LogP contribution in [0, 0.1) is 11.8 Å². The minimum atomic E-state index is -4.14. The van der Waals surface area contributed by atoms with Crippen LogP contribution >= 0.6 is 0 Å². The number of alkyl halides is 2. The van der Waals surface area contributed by atoms with Crippen LogP contribution in [0.15, 0.2) is 54.6 Å². The highest BCUT2D eigenvalue weighted by Gasteiger charge is 2.66. The Morgan fingerprint density at radius 1 is 1.03 bits per heavy atom. The Balaban J connectivity index is 1.27. The molecule has 2 aliphatic carbocycles. The summed E-state index contributed by atoms with van der Waals surface area (Å²) in [6.07, 6.45) is 1.06. The van der Waals surface area contributed by atoms with E-state index in [1.54, 1.807) is 27.7 Å². The number of sulfonamides is 1. The maximum Gasteiger partial charge on any atom is 0.408 e. The van der Waals surface area contributed by atoms with E-state index in [-0.39, 0.29) is 18.8 Å². The fraction of sp³-hybridized carbons (Fsp3) is 0.512. The molecule has 310 valence electrons. The third kappa shape index (κ3) is 8.78. The minimum absolute atomic E-state index is 0.123. The number of hydrogen-bond acceptors (Lipinski definition) is 10. The largest absolute Gasteiger partial charge is 0.471 e. The molecule has 14 nitrogen and oxygen atoms in total. The first-order valence-electron chi connectivity index (χ1n) is 19.6. The number of nitrogens with zero attached hydrogens (tertiary/aromatic N) is 3. The highest BCUT2D eigenvalue weighted by Crippen LogP contribution is 2.48. The Labute approximate surface area is 335 Å². The fourth-order valence-corrected chi connectivity index (χ4v) is 8.98. The molecule has 3 heterocycles. The summed E-state index contributed by atoms with van der Waals surface area (Å²) in [5.74, 6) is -4.94. The van der Waals surface area contributed by atoms with E-state index in [2.05, 4.69) is 10.6 Å². The standard InChI is InChI=1S/C41H48F2N6O8S/c1-23(2)32-37(51)49-22-26(20-31(49)35(50)47-41(21-28(41)34(42)43)38(52)48-58(54,55)27-15-16-27)56-36-33(25-12-8-5-9-13-25)44-29-17-14-24(19-30(29)45-36)11-7-6-10-18-40(3,4)57-39(53)46-32/h5,7-9,11-14,17,19,23,26-28,31-32,34H,6,10,15-16,18,20-22H2,1-4H3,(H,46,53)(H,47,50)(H,48,52)/b11-7+/t26-,28+,31+,32+,41+/m1/s1. The Morgan fingerprint density at radius 3 is 2.45 bits per heavy atom. The first kappa shape index (κ1) is 41.0.